The number of nitrogens with zero attached hydrogens (tertiary/aromatic N) is 3. The molecule has 4 rings (SSSR count). The summed E-state index contributed by atoms with van der Waals surface area (Å²) < 4.78 is 0. The average Bonchev–Trinajstić information content (AvgIpc) is 2.75. The van der Waals surface area contributed by atoms with E-state index in [-0.39, 0.29) is 23.3 Å². The molecule has 0 radical (unpaired) electrons. The maximum absolute atomic E-state index is 11.7. The minimum atomic E-state index is -0.554. The Bertz CT molecular complexity index is 1050. The molecular weight excluding hydrogens is 408 g/mol. The predicted molar refractivity (Wildman–Crippen MR) is 124 cm³/mol. The van der Waals surface area contributed by atoms with Gasteiger partial charge < -0.3 is 15.3 Å². The summed E-state index contributed by atoms with van der Waals surface area (Å²) in [6, 6.07) is 9.47. The number of hydrogen-bond acceptors (Lipinski definition) is 6. The van der Waals surface area contributed by atoms with Crippen molar-refractivity contribution in [1.82, 2.24) is 4.90 Å². The van der Waals surface area contributed by atoms with E-state index in [2.05, 4.69) is 47.2 Å². The number of carbonyl (C=O) groups is 1. The van der Waals surface area contributed by atoms with Crippen LogP contribution in [0.2, 0.25) is 0 Å². The van der Waals surface area contributed by atoms with Gasteiger partial charge in [0.1, 0.15) is 5.69 Å². The Morgan fingerprint density at radius 3 is 2.50 bits per heavy atom. The summed E-state index contributed by atoms with van der Waals surface area (Å²) in [6.45, 7) is 8.89. The summed E-state index contributed by atoms with van der Waals surface area (Å²) in [4.78, 5) is 27.5. The molecule has 1 aliphatic carbocycles. The lowest BCUT2D eigenvalue weighted by atomic mass is 9.83. The lowest BCUT2D eigenvalue weighted by Gasteiger charge is -2.44. The molecule has 1 aliphatic heterocycles. The highest BCUT2D eigenvalue weighted by Crippen LogP contribution is 2.37. The molecule has 1 amide bonds. The van der Waals surface area contributed by atoms with Crippen molar-refractivity contribution in [3.63, 3.8) is 0 Å². The fraction of sp³-hybridized carbons (Fsp3) is 0.458. The predicted octanol–water partition coefficient (Wildman–Crippen LogP) is 2.82. The van der Waals surface area contributed by atoms with Crippen LogP contribution >= 0.6 is 0 Å². The van der Waals surface area contributed by atoms with E-state index in [9.17, 15) is 20.0 Å². The number of amides is 1. The summed E-state index contributed by atoms with van der Waals surface area (Å²) in [7, 11) is 0. The van der Waals surface area contributed by atoms with Gasteiger partial charge in [0.2, 0.25) is 5.91 Å². The van der Waals surface area contributed by atoms with Crippen LogP contribution in [0.4, 0.5) is 17.1 Å². The van der Waals surface area contributed by atoms with E-state index in [0.717, 1.165) is 37.3 Å². The van der Waals surface area contributed by atoms with Gasteiger partial charge in [-0.25, -0.2) is 0 Å². The number of carbonyl (C=O) groups excluding carboxylic acids is 1. The van der Waals surface area contributed by atoms with Crippen LogP contribution in [0.25, 0.3) is 0 Å². The first-order valence-electron chi connectivity index (χ1n) is 11.1. The molecule has 2 aromatic rings. The van der Waals surface area contributed by atoms with Crippen molar-refractivity contribution in [3.05, 3.63) is 62.7 Å². The zero-order valence-corrected chi connectivity index (χ0v) is 18.8. The molecule has 0 aromatic heterocycles. The van der Waals surface area contributed by atoms with E-state index < -0.39 is 11.0 Å². The highest BCUT2D eigenvalue weighted by Gasteiger charge is 2.36. The van der Waals surface area contributed by atoms with E-state index >= 15 is 0 Å². The van der Waals surface area contributed by atoms with Gasteiger partial charge in [-0.15, -0.1) is 0 Å². The molecule has 170 valence electrons. The molecule has 2 N–H and O–H groups in total. The fourth-order valence-corrected chi connectivity index (χ4v) is 5.00. The summed E-state index contributed by atoms with van der Waals surface area (Å²) in [5.74, 6) is -0.341. The minimum absolute atomic E-state index is 0.103. The number of nitro groups is 1. The molecule has 0 unspecified atom stereocenters. The normalized spacial score (nSPS) is 21.2. The Kier molecular flexibility index (Phi) is 6.17. The van der Waals surface area contributed by atoms with Gasteiger partial charge in [-0.3, -0.25) is 19.8 Å². The average molecular weight is 439 g/mol. The monoisotopic (exact) mass is 438 g/mol. The van der Waals surface area contributed by atoms with Crippen molar-refractivity contribution in [3.8, 4) is 0 Å². The number of aryl methyl sites for hydroxylation is 2. The Labute approximate surface area is 188 Å². The second-order valence-corrected chi connectivity index (χ2v) is 8.89. The van der Waals surface area contributed by atoms with Gasteiger partial charge in [0, 0.05) is 57.3 Å². The summed E-state index contributed by atoms with van der Waals surface area (Å²) in [5, 5.41) is 25.1. The van der Waals surface area contributed by atoms with E-state index in [1.807, 2.05) is 0 Å². The molecule has 0 spiro atoms. The largest absolute Gasteiger partial charge is 0.391 e. The Balaban J connectivity index is 1.55. The number of hydrogen-bond donors (Lipinski definition) is 2. The third kappa shape index (κ3) is 4.33. The van der Waals surface area contributed by atoms with Gasteiger partial charge in [0.25, 0.3) is 5.69 Å². The van der Waals surface area contributed by atoms with Crippen molar-refractivity contribution in [1.29, 1.82) is 0 Å². The van der Waals surface area contributed by atoms with Crippen LogP contribution in [-0.4, -0.2) is 59.2 Å². The first-order valence-corrected chi connectivity index (χ1v) is 11.1. The van der Waals surface area contributed by atoms with Crippen LogP contribution in [0.15, 0.2) is 30.3 Å². The fourth-order valence-electron chi connectivity index (χ4n) is 5.00. The SMILES string of the molecule is CC(=O)Nc1c([N+](=O)[O-])ccc2c1C[C@H](N1CCN(c3cc(C)ccc3C)CC1)[C@@H](O)C2. The van der Waals surface area contributed by atoms with Crippen molar-refractivity contribution in [2.45, 2.75) is 45.8 Å². The van der Waals surface area contributed by atoms with Crippen molar-refractivity contribution < 1.29 is 14.8 Å². The van der Waals surface area contributed by atoms with Gasteiger partial charge in [-0.05, 0) is 48.6 Å². The number of anilines is 2. The molecule has 2 atom stereocenters. The first-order chi connectivity index (χ1) is 15.2. The highest BCUT2D eigenvalue weighted by molar-refractivity contribution is 5.93. The summed E-state index contributed by atoms with van der Waals surface area (Å²) >= 11 is 0. The molecule has 32 heavy (non-hydrogen) atoms. The second kappa shape index (κ2) is 8.88. The lowest BCUT2D eigenvalue weighted by Crippen LogP contribution is -2.56. The van der Waals surface area contributed by atoms with Crippen LogP contribution in [0.5, 0.6) is 0 Å². The number of rotatable bonds is 4. The Hall–Kier alpha value is -2.97. The van der Waals surface area contributed by atoms with Crippen molar-refractivity contribution in [2.75, 3.05) is 36.4 Å². The van der Waals surface area contributed by atoms with Crippen LogP contribution in [0.3, 0.4) is 0 Å². The van der Waals surface area contributed by atoms with Gasteiger partial charge in [-0.1, -0.05) is 18.2 Å². The molecule has 1 saturated heterocycles. The number of aliphatic hydroxyl groups excluding tert-OH is 1. The zero-order chi connectivity index (χ0) is 23.0. The van der Waals surface area contributed by atoms with Crippen LogP contribution in [-0.2, 0) is 17.6 Å². The van der Waals surface area contributed by atoms with Crippen LogP contribution < -0.4 is 10.2 Å². The molecule has 1 heterocycles. The summed E-state index contributed by atoms with van der Waals surface area (Å²) in [5.41, 5.74) is 5.53. The second-order valence-electron chi connectivity index (χ2n) is 8.89. The number of fused-ring (bicyclic) bond motifs is 1. The molecular formula is C24H30N4O4. The topological polar surface area (TPSA) is 98.9 Å². The van der Waals surface area contributed by atoms with Crippen LogP contribution in [0.1, 0.15) is 29.2 Å². The molecule has 8 nitrogen and oxygen atoms in total. The van der Waals surface area contributed by atoms with Crippen LogP contribution in [0, 0.1) is 24.0 Å². The third-order valence-electron chi connectivity index (χ3n) is 6.66. The van der Waals surface area contributed by atoms with E-state index in [1.165, 1.54) is 29.8 Å². The van der Waals surface area contributed by atoms with Gasteiger partial charge >= 0.3 is 0 Å². The minimum Gasteiger partial charge on any atom is -0.391 e. The quantitative estimate of drug-likeness (QED) is 0.563. The summed E-state index contributed by atoms with van der Waals surface area (Å²) in [6.07, 6.45) is 0.334. The number of nitrogens with one attached hydrogen (secondary N) is 1. The molecule has 1 fully saturated rings. The molecule has 2 aliphatic rings. The molecule has 8 heteroatoms. The lowest BCUT2D eigenvalue weighted by molar-refractivity contribution is -0.384. The Morgan fingerprint density at radius 1 is 1.12 bits per heavy atom. The maximum Gasteiger partial charge on any atom is 0.293 e. The molecule has 0 bridgehead atoms. The van der Waals surface area contributed by atoms with E-state index in [1.54, 1.807) is 6.07 Å². The number of nitro benzene ring substituents is 1. The van der Waals surface area contributed by atoms with Crippen molar-refractivity contribution in [2.24, 2.45) is 0 Å². The zero-order valence-electron chi connectivity index (χ0n) is 18.8. The van der Waals surface area contributed by atoms with Gasteiger partial charge in [-0.2, -0.15) is 0 Å². The smallest absolute Gasteiger partial charge is 0.293 e. The number of benzene rings is 2. The number of aliphatic hydroxyl groups is 1. The standard InChI is InChI=1S/C24H30N4O4/c1-15-4-5-16(2)21(12-15)26-8-10-27(11-9-26)22-14-19-18(13-23(22)30)6-7-20(28(31)32)24(19)25-17(3)29/h4-7,12,22-23,30H,8-11,13-14H2,1-3H3,(H,25,29)/t22-,23-/m0/s1. The highest BCUT2D eigenvalue weighted by atomic mass is 16.6. The first kappa shape index (κ1) is 22.2. The molecule has 0 saturated carbocycles. The van der Waals surface area contributed by atoms with Crippen molar-refractivity contribution >= 4 is 23.0 Å². The molecule has 2 aromatic carbocycles. The number of piperazine rings is 1. The Morgan fingerprint density at radius 2 is 1.84 bits per heavy atom. The van der Waals surface area contributed by atoms with E-state index in [4.69, 9.17) is 0 Å². The van der Waals surface area contributed by atoms with Gasteiger partial charge in [0.15, 0.2) is 0 Å². The third-order valence-corrected chi connectivity index (χ3v) is 6.66. The van der Waals surface area contributed by atoms with Gasteiger partial charge in [0.05, 0.1) is 11.0 Å². The van der Waals surface area contributed by atoms with E-state index in [0.29, 0.717) is 12.8 Å². The maximum atomic E-state index is 11.7.